The van der Waals surface area contributed by atoms with Gasteiger partial charge >= 0.3 is 0 Å². The van der Waals surface area contributed by atoms with Crippen molar-refractivity contribution in [3.63, 3.8) is 0 Å². The van der Waals surface area contributed by atoms with Crippen molar-refractivity contribution in [1.29, 1.82) is 0 Å². The van der Waals surface area contributed by atoms with Crippen LogP contribution in [0, 0.1) is 0 Å². The minimum absolute atomic E-state index is 0.370. The Kier molecular flexibility index (Phi) is 7.07. The first-order valence-electron chi connectivity index (χ1n) is 11.3. The molecule has 1 heterocycles. The van der Waals surface area contributed by atoms with E-state index in [1.54, 1.807) is 0 Å². The normalized spacial score (nSPS) is 19.8. The highest BCUT2D eigenvalue weighted by molar-refractivity contribution is 5.46. The van der Waals surface area contributed by atoms with Crippen LogP contribution in [-0.4, -0.2) is 50.5 Å². The lowest BCUT2D eigenvalue weighted by atomic mass is 9.84. The zero-order valence-electron chi connectivity index (χ0n) is 17.4. The fraction of sp³-hybridized carbons (Fsp3) is 0.520. The molecule has 2 fully saturated rings. The van der Waals surface area contributed by atoms with E-state index in [0.29, 0.717) is 6.61 Å². The number of nitrogens with zero attached hydrogens (tertiary/aromatic N) is 1. The summed E-state index contributed by atoms with van der Waals surface area (Å²) in [6.07, 6.45) is 6.32. The van der Waals surface area contributed by atoms with Gasteiger partial charge in [0.2, 0.25) is 0 Å². The fourth-order valence-electron chi connectivity index (χ4n) is 4.78. The molecule has 0 amide bonds. The molecule has 4 nitrogen and oxygen atoms in total. The van der Waals surface area contributed by atoms with E-state index in [2.05, 4.69) is 59.5 Å². The summed E-state index contributed by atoms with van der Waals surface area (Å²) >= 11 is 0. The van der Waals surface area contributed by atoms with E-state index in [1.807, 2.05) is 0 Å². The average Bonchev–Trinajstić information content (AvgIpc) is 2.80. The first-order valence-corrected chi connectivity index (χ1v) is 11.3. The Balaban J connectivity index is 1.18. The molecular weight excluding hydrogens is 360 g/mol. The molecule has 0 bridgehead atoms. The molecule has 0 radical (unpaired) electrons. The van der Waals surface area contributed by atoms with Gasteiger partial charge < -0.3 is 19.6 Å². The van der Waals surface area contributed by atoms with Crippen LogP contribution in [0.3, 0.4) is 0 Å². The molecule has 1 aliphatic carbocycles. The van der Waals surface area contributed by atoms with Crippen molar-refractivity contribution < 1.29 is 14.7 Å². The van der Waals surface area contributed by atoms with E-state index in [4.69, 9.17) is 4.74 Å². The van der Waals surface area contributed by atoms with E-state index in [-0.39, 0.29) is 0 Å². The van der Waals surface area contributed by atoms with Crippen molar-refractivity contribution in [2.75, 3.05) is 44.2 Å². The molecular formula is C25H35N2O2+. The molecule has 1 saturated heterocycles. The summed E-state index contributed by atoms with van der Waals surface area (Å²) in [7, 11) is 0. The van der Waals surface area contributed by atoms with Crippen LogP contribution in [0.25, 0.3) is 0 Å². The number of hydrogen-bond acceptors (Lipinski definition) is 3. The van der Waals surface area contributed by atoms with Crippen LogP contribution in [-0.2, 0) is 0 Å². The van der Waals surface area contributed by atoms with Crippen LogP contribution in [0.4, 0.5) is 5.69 Å². The first kappa shape index (κ1) is 20.2. The predicted octanol–water partition coefficient (Wildman–Crippen LogP) is 2.88. The molecule has 0 spiro atoms. The van der Waals surface area contributed by atoms with Crippen molar-refractivity contribution >= 4 is 5.69 Å². The van der Waals surface area contributed by atoms with Crippen LogP contribution < -0.4 is 14.5 Å². The summed E-state index contributed by atoms with van der Waals surface area (Å²) < 4.78 is 5.87. The van der Waals surface area contributed by atoms with Gasteiger partial charge in [-0.2, -0.15) is 0 Å². The molecule has 4 rings (SSSR count). The number of nitrogens with one attached hydrogen (secondary N) is 1. The molecule has 156 valence electrons. The van der Waals surface area contributed by atoms with Crippen LogP contribution in [0.5, 0.6) is 5.75 Å². The number of aliphatic hydroxyl groups is 1. The number of ether oxygens (including phenoxy) is 1. The molecule has 0 unspecified atom stereocenters. The lowest BCUT2D eigenvalue weighted by molar-refractivity contribution is -0.903. The van der Waals surface area contributed by atoms with Crippen LogP contribution in [0.2, 0.25) is 0 Å². The minimum atomic E-state index is -0.425. The van der Waals surface area contributed by atoms with Gasteiger partial charge in [0.15, 0.2) is 0 Å². The molecule has 2 aromatic carbocycles. The second-order valence-electron chi connectivity index (χ2n) is 8.65. The first-order chi connectivity index (χ1) is 14.3. The number of piperazine rings is 1. The molecule has 0 aromatic heterocycles. The summed E-state index contributed by atoms with van der Waals surface area (Å²) in [4.78, 5) is 3.89. The Morgan fingerprint density at radius 3 is 2.31 bits per heavy atom. The number of benzene rings is 2. The Morgan fingerprint density at radius 2 is 1.62 bits per heavy atom. The number of anilines is 1. The van der Waals surface area contributed by atoms with Crippen LogP contribution >= 0.6 is 0 Å². The van der Waals surface area contributed by atoms with Gasteiger partial charge in [0.1, 0.15) is 25.0 Å². The topological polar surface area (TPSA) is 37.1 Å². The third kappa shape index (κ3) is 5.74. The van der Waals surface area contributed by atoms with Gasteiger partial charge in [-0.3, -0.25) is 0 Å². The summed E-state index contributed by atoms with van der Waals surface area (Å²) in [6.45, 7) is 5.31. The molecule has 4 heteroatoms. The maximum atomic E-state index is 10.4. The van der Waals surface area contributed by atoms with Crippen molar-refractivity contribution in [2.45, 2.75) is 44.1 Å². The van der Waals surface area contributed by atoms with Gasteiger partial charge in [-0.1, -0.05) is 49.6 Å². The van der Waals surface area contributed by atoms with Gasteiger partial charge in [0, 0.05) is 5.69 Å². The van der Waals surface area contributed by atoms with E-state index >= 15 is 0 Å². The summed E-state index contributed by atoms with van der Waals surface area (Å²) in [5, 5.41) is 10.4. The van der Waals surface area contributed by atoms with Gasteiger partial charge in [-0.05, 0) is 48.6 Å². The Labute approximate surface area is 175 Å². The lowest BCUT2D eigenvalue weighted by Gasteiger charge is -2.34. The second kappa shape index (κ2) is 10.1. The molecule has 2 N–H and O–H groups in total. The van der Waals surface area contributed by atoms with E-state index in [9.17, 15) is 5.11 Å². The smallest absolute Gasteiger partial charge is 0.137 e. The molecule has 1 aliphatic heterocycles. The Hall–Kier alpha value is -2.04. The van der Waals surface area contributed by atoms with Gasteiger partial charge in [0.05, 0.1) is 26.2 Å². The maximum Gasteiger partial charge on any atom is 0.137 e. The van der Waals surface area contributed by atoms with Crippen molar-refractivity contribution in [3.05, 3.63) is 60.2 Å². The van der Waals surface area contributed by atoms with Gasteiger partial charge in [-0.25, -0.2) is 0 Å². The van der Waals surface area contributed by atoms with Crippen LogP contribution in [0.15, 0.2) is 54.6 Å². The summed E-state index contributed by atoms with van der Waals surface area (Å²) in [5.74, 6) is 1.59. The molecule has 2 aromatic rings. The second-order valence-corrected chi connectivity index (χ2v) is 8.65. The van der Waals surface area contributed by atoms with Crippen LogP contribution in [0.1, 0.15) is 43.6 Å². The quantitative estimate of drug-likeness (QED) is 0.757. The minimum Gasteiger partial charge on any atom is -0.491 e. The fourth-order valence-corrected chi connectivity index (χ4v) is 4.78. The van der Waals surface area contributed by atoms with Gasteiger partial charge in [-0.15, -0.1) is 0 Å². The third-order valence-electron chi connectivity index (χ3n) is 6.52. The number of aliphatic hydroxyl groups excluding tert-OH is 1. The zero-order chi connectivity index (χ0) is 19.9. The highest BCUT2D eigenvalue weighted by atomic mass is 16.5. The molecule has 29 heavy (non-hydrogen) atoms. The molecule has 1 saturated carbocycles. The third-order valence-corrected chi connectivity index (χ3v) is 6.52. The average molecular weight is 396 g/mol. The van der Waals surface area contributed by atoms with Crippen molar-refractivity contribution in [2.24, 2.45) is 0 Å². The van der Waals surface area contributed by atoms with E-state index in [0.717, 1.165) is 44.4 Å². The Bertz CT molecular complexity index is 720. The molecule has 2 aliphatic rings. The Morgan fingerprint density at radius 1 is 0.931 bits per heavy atom. The highest BCUT2D eigenvalue weighted by Crippen LogP contribution is 2.33. The largest absolute Gasteiger partial charge is 0.491 e. The van der Waals surface area contributed by atoms with Crippen molar-refractivity contribution in [3.8, 4) is 5.75 Å². The number of para-hydroxylation sites is 1. The molecule has 1 atom stereocenters. The predicted molar refractivity (Wildman–Crippen MR) is 118 cm³/mol. The highest BCUT2D eigenvalue weighted by Gasteiger charge is 2.23. The zero-order valence-corrected chi connectivity index (χ0v) is 17.4. The monoisotopic (exact) mass is 395 g/mol. The van der Waals surface area contributed by atoms with E-state index in [1.165, 1.54) is 48.3 Å². The van der Waals surface area contributed by atoms with Crippen molar-refractivity contribution in [1.82, 2.24) is 0 Å². The maximum absolute atomic E-state index is 10.4. The number of hydrogen-bond donors (Lipinski definition) is 2. The lowest BCUT2D eigenvalue weighted by Crippen LogP contribution is -3.16. The summed E-state index contributed by atoms with van der Waals surface area (Å²) in [5.41, 5.74) is 2.74. The van der Waals surface area contributed by atoms with Gasteiger partial charge in [0.25, 0.3) is 0 Å². The number of rotatable bonds is 7. The summed E-state index contributed by atoms with van der Waals surface area (Å²) in [6, 6.07) is 19.2. The number of quaternary nitrogens is 1. The van der Waals surface area contributed by atoms with E-state index < -0.39 is 6.10 Å². The SMILES string of the molecule is O[C@H](COc1ccc(C2CCCCC2)cc1)C[NH+]1CCN(c2ccccc2)CC1. The standard InChI is InChI=1S/C25H34N2O2/c28-24(19-26-15-17-27(18-16-26)23-9-5-2-6-10-23)20-29-25-13-11-22(12-14-25)21-7-3-1-4-8-21/h2,5-6,9-14,21,24,28H,1,3-4,7-8,15-20H2/p+1/t24-/m0/s1.